The third kappa shape index (κ3) is 3.19. The molecule has 0 aliphatic carbocycles. The van der Waals surface area contributed by atoms with E-state index in [0.29, 0.717) is 0 Å². The van der Waals surface area contributed by atoms with Crippen LogP contribution in [0.2, 0.25) is 0 Å². The van der Waals surface area contributed by atoms with Crippen LogP contribution in [0.15, 0.2) is 24.3 Å². The predicted molar refractivity (Wildman–Crippen MR) is 80.5 cm³/mol. The van der Waals surface area contributed by atoms with Gasteiger partial charge in [-0.3, -0.25) is 9.69 Å². The fourth-order valence-electron chi connectivity index (χ4n) is 3.41. The molecule has 2 aliphatic heterocycles. The number of benzene rings is 1. The van der Waals surface area contributed by atoms with Crippen molar-refractivity contribution in [3.8, 4) is 0 Å². The molecule has 2 saturated heterocycles. The lowest BCUT2D eigenvalue weighted by Gasteiger charge is -2.34. The van der Waals surface area contributed by atoms with E-state index >= 15 is 0 Å². The first kappa shape index (κ1) is 13.6. The second-order valence-electron chi connectivity index (χ2n) is 6.08. The molecule has 2 unspecified atom stereocenters. The molecule has 0 bridgehead atoms. The van der Waals surface area contributed by atoms with Crippen LogP contribution < -0.4 is 10.6 Å². The zero-order valence-corrected chi connectivity index (χ0v) is 12.1. The number of piperidine rings is 1. The fourth-order valence-corrected chi connectivity index (χ4v) is 3.41. The van der Waals surface area contributed by atoms with E-state index in [4.69, 9.17) is 0 Å². The number of hydrogen-bond acceptors (Lipinski definition) is 3. The van der Waals surface area contributed by atoms with Gasteiger partial charge in [0.2, 0.25) is 5.91 Å². The highest BCUT2D eigenvalue weighted by Gasteiger charge is 2.32. The molecule has 2 heterocycles. The average Bonchev–Trinajstić information content (AvgIpc) is 2.88. The minimum Gasteiger partial charge on any atom is -0.326 e. The van der Waals surface area contributed by atoms with E-state index < -0.39 is 0 Å². The number of nitrogens with one attached hydrogen (secondary N) is 2. The van der Waals surface area contributed by atoms with E-state index in [1.54, 1.807) is 0 Å². The first-order valence-electron chi connectivity index (χ1n) is 7.50. The molecule has 3 rings (SSSR count). The Balaban J connectivity index is 1.56. The highest BCUT2D eigenvalue weighted by molar-refractivity contribution is 5.88. The minimum absolute atomic E-state index is 0.0199. The van der Waals surface area contributed by atoms with E-state index in [1.165, 1.54) is 45.1 Å². The quantitative estimate of drug-likeness (QED) is 0.881. The van der Waals surface area contributed by atoms with Crippen LogP contribution in [0.4, 0.5) is 5.69 Å². The maximum absolute atomic E-state index is 11.0. The zero-order chi connectivity index (χ0) is 13.9. The molecule has 4 heteroatoms. The van der Waals surface area contributed by atoms with Gasteiger partial charge in [0, 0.05) is 25.7 Å². The molecule has 2 atom stereocenters. The number of likely N-dealkylation sites (tertiary alicyclic amines) is 1. The number of fused-ring (bicyclic) bond motifs is 1. The van der Waals surface area contributed by atoms with Crippen LogP contribution in [0.3, 0.4) is 0 Å². The Morgan fingerprint density at radius 2 is 2.05 bits per heavy atom. The first-order valence-corrected chi connectivity index (χ1v) is 7.50. The number of rotatable bonds is 3. The van der Waals surface area contributed by atoms with E-state index in [9.17, 15) is 4.79 Å². The summed E-state index contributed by atoms with van der Waals surface area (Å²) in [6.07, 6.45) is 1.32. The van der Waals surface area contributed by atoms with Crippen LogP contribution >= 0.6 is 0 Å². The molecule has 2 fully saturated rings. The van der Waals surface area contributed by atoms with Gasteiger partial charge in [-0.25, -0.2) is 0 Å². The topological polar surface area (TPSA) is 44.4 Å². The largest absolute Gasteiger partial charge is 0.326 e. The summed E-state index contributed by atoms with van der Waals surface area (Å²) in [5.74, 6) is 1.71. The summed E-state index contributed by atoms with van der Waals surface area (Å²) in [6.45, 7) is 7.37. The molecule has 1 amide bonds. The molecule has 108 valence electrons. The lowest BCUT2D eigenvalue weighted by Crippen LogP contribution is -2.39. The van der Waals surface area contributed by atoms with Crippen LogP contribution in [0.25, 0.3) is 0 Å². The molecule has 2 N–H and O–H groups in total. The Kier molecular flexibility index (Phi) is 4.03. The number of hydrogen-bond donors (Lipinski definition) is 2. The molecule has 1 aromatic carbocycles. The molecule has 0 spiro atoms. The average molecular weight is 273 g/mol. The van der Waals surface area contributed by atoms with Gasteiger partial charge in [-0.2, -0.15) is 0 Å². The molecular formula is C16H23N3O. The summed E-state index contributed by atoms with van der Waals surface area (Å²) in [6, 6.07) is 8.20. The Morgan fingerprint density at radius 3 is 2.80 bits per heavy atom. The van der Waals surface area contributed by atoms with Crippen molar-refractivity contribution in [2.45, 2.75) is 19.9 Å². The van der Waals surface area contributed by atoms with Gasteiger partial charge >= 0.3 is 0 Å². The van der Waals surface area contributed by atoms with Crippen molar-refractivity contribution >= 4 is 11.6 Å². The van der Waals surface area contributed by atoms with Gasteiger partial charge in [0.25, 0.3) is 0 Å². The second kappa shape index (κ2) is 5.94. The number of anilines is 1. The predicted octanol–water partition coefficient (Wildman–Crippen LogP) is 1.69. The van der Waals surface area contributed by atoms with Crippen LogP contribution in [0.5, 0.6) is 0 Å². The number of amides is 1. The van der Waals surface area contributed by atoms with Crippen molar-refractivity contribution in [3.63, 3.8) is 0 Å². The summed E-state index contributed by atoms with van der Waals surface area (Å²) in [5, 5.41) is 6.31. The van der Waals surface area contributed by atoms with Crippen LogP contribution in [-0.2, 0) is 11.3 Å². The lowest BCUT2D eigenvalue weighted by atomic mass is 9.88. The van der Waals surface area contributed by atoms with Gasteiger partial charge in [0.1, 0.15) is 0 Å². The molecule has 0 saturated carbocycles. The van der Waals surface area contributed by atoms with E-state index in [-0.39, 0.29) is 5.91 Å². The van der Waals surface area contributed by atoms with Crippen molar-refractivity contribution in [1.29, 1.82) is 0 Å². The van der Waals surface area contributed by atoms with Crippen molar-refractivity contribution in [2.75, 3.05) is 31.5 Å². The summed E-state index contributed by atoms with van der Waals surface area (Å²) < 4.78 is 0. The van der Waals surface area contributed by atoms with E-state index in [1.807, 2.05) is 12.1 Å². The van der Waals surface area contributed by atoms with Crippen molar-refractivity contribution in [3.05, 3.63) is 29.8 Å². The van der Waals surface area contributed by atoms with Gasteiger partial charge in [0.15, 0.2) is 0 Å². The monoisotopic (exact) mass is 273 g/mol. The number of carbonyl (C=O) groups is 1. The Labute approximate surface area is 120 Å². The normalized spacial score (nSPS) is 26.2. The molecule has 2 aliphatic rings. The maximum atomic E-state index is 11.0. The highest BCUT2D eigenvalue weighted by Crippen LogP contribution is 2.27. The first-order chi connectivity index (χ1) is 9.70. The molecule has 0 aromatic heterocycles. The standard InChI is InChI=1S/C16H23N3O/c1-12(20)18-16-4-2-13(3-5-16)10-19-7-6-14-8-17-9-15(14)11-19/h2-5,14-15,17H,6-11H2,1H3,(H,18,20). The second-order valence-corrected chi connectivity index (χ2v) is 6.08. The fraction of sp³-hybridized carbons (Fsp3) is 0.562. The van der Waals surface area contributed by atoms with Gasteiger partial charge in [-0.1, -0.05) is 12.1 Å². The van der Waals surface area contributed by atoms with Gasteiger partial charge in [-0.05, 0) is 55.6 Å². The van der Waals surface area contributed by atoms with Crippen molar-refractivity contribution in [1.82, 2.24) is 10.2 Å². The molecule has 4 nitrogen and oxygen atoms in total. The molecule has 1 aromatic rings. The zero-order valence-electron chi connectivity index (χ0n) is 12.1. The summed E-state index contributed by atoms with van der Waals surface area (Å²) >= 11 is 0. The van der Waals surface area contributed by atoms with E-state index in [2.05, 4.69) is 27.7 Å². The number of carbonyl (C=O) groups excluding carboxylic acids is 1. The Morgan fingerprint density at radius 1 is 1.30 bits per heavy atom. The summed E-state index contributed by atoms with van der Waals surface area (Å²) in [7, 11) is 0. The third-order valence-electron chi connectivity index (χ3n) is 4.47. The van der Waals surface area contributed by atoms with Crippen molar-refractivity contribution in [2.24, 2.45) is 11.8 Å². The SMILES string of the molecule is CC(=O)Nc1ccc(CN2CCC3CNCC3C2)cc1. The Bertz CT molecular complexity index is 471. The minimum atomic E-state index is -0.0199. The summed E-state index contributed by atoms with van der Waals surface area (Å²) in [5.41, 5.74) is 2.20. The maximum Gasteiger partial charge on any atom is 0.221 e. The van der Waals surface area contributed by atoms with Crippen LogP contribution in [0.1, 0.15) is 18.9 Å². The lowest BCUT2D eigenvalue weighted by molar-refractivity contribution is -0.114. The highest BCUT2D eigenvalue weighted by atomic mass is 16.1. The molecular weight excluding hydrogens is 250 g/mol. The smallest absolute Gasteiger partial charge is 0.221 e. The number of nitrogens with zero attached hydrogens (tertiary/aromatic N) is 1. The van der Waals surface area contributed by atoms with Crippen molar-refractivity contribution < 1.29 is 4.79 Å². The van der Waals surface area contributed by atoms with E-state index in [0.717, 1.165) is 24.1 Å². The van der Waals surface area contributed by atoms with Gasteiger partial charge in [0.05, 0.1) is 0 Å². The molecule has 0 radical (unpaired) electrons. The van der Waals surface area contributed by atoms with Gasteiger partial charge < -0.3 is 10.6 Å². The third-order valence-corrected chi connectivity index (χ3v) is 4.47. The molecule has 20 heavy (non-hydrogen) atoms. The van der Waals surface area contributed by atoms with Gasteiger partial charge in [-0.15, -0.1) is 0 Å². The Hall–Kier alpha value is -1.39. The summed E-state index contributed by atoms with van der Waals surface area (Å²) in [4.78, 5) is 13.6. The van der Waals surface area contributed by atoms with Crippen LogP contribution in [0, 0.1) is 11.8 Å². The van der Waals surface area contributed by atoms with Crippen LogP contribution in [-0.4, -0.2) is 37.0 Å².